The SMILES string of the molecule is CCO[C@H]1OC(C(=O)N2CCOCC2)=C[C@@H](c2ccsc2)[C@H]1CCOCCOCCO. The first-order chi connectivity index (χ1) is 15.2. The van der Waals surface area contributed by atoms with Crippen molar-refractivity contribution in [3.05, 3.63) is 34.2 Å². The summed E-state index contributed by atoms with van der Waals surface area (Å²) in [5.74, 6) is 0.273. The van der Waals surface area contributed by atoms with Crippen molar-refractivity contribution in [2.45, 2.75) is 25.6 Å². The average molecular weight is 456 g/mol. The highest BCUT2D eigenvalue weighted by atomic mass is 32.1. The Morgan fingerprint density at radius 3 is 2.68 bits per heavy atom. The summed E-state index contributed by atoms with van der Waals surface area (Å²) in [7, 11) is 0. The maximum absolute atomic E-state index is 13.1. The van der Waals surface area contributed by atoms with Gasteiger partial charge in [-0.05, 0) is 41.8 Å². The highest BCUT2D eigenvalue weighted by Crippen LogP contribution is 2.39. The van der Waals surface area contributed by atoms with E-state index < -0.39 is 6.29 Å². The van der Waals surface area contributed by atoms with Crippen LogP contribution in [0.1, 0.15) is 24.8 Å². The third kappa shape index (κ3) is 7.00. The normalized spacial score (nSPS) is 24.0. The van der Waals surface area contributed by atoms with E-state index >= 15 is 0 Å². The lowest BCUT2D eigenvalue weighted by Gasteiger charge is -2.38. The van der Waals surface area contributed by atoms with Crippen LogP contribution < -0.4 is 0 Å². The van der Waals surface area contributed by atoms with E-state index in [0.29, 0.717) is 65.1 Å². The van der Waals surface area contributed by atoms with Gasteiger partial charge in [-0.25, -0.2) is 0 Å². The molecule has 0 aliphatic carbocycles. The van der Waals surface area contributed by atoms with Crippen molar-refractivity contribution in [2.75, 3.05) is 65.9 Å². The monoisotopic (exact) mass is 455 g/mol. The summed E-state index contributed by atoms with van der Waals surface area (Å²) in [5.41, 5.74) is 1.15. The summed E-state index contributed by atoms with van der Waals surface area (Å²) in [4.78, 5) is 14.9. The summed E-state index contributed by atoms with van der Waals surface area (Å²) in [6.45, 7) is 6.41. The number of rotatable bonds is 12. The average Bonchev–Trinajstić information content (AvgIpc) is 3.34. The van der Waals surface area contributed by atoms with Crippen molar-refractivity contribution in [1.29, 1.82) is 0 Å². The summed E-state index contributed by atoms with van der Waals surface area (Å²) in [6.07, 6.45) is 2.15. The van der Waals surface area contributed by atoms with Gasteiger partial charge in [0.2, 0.25) is 6.29 Å². The van der Waals surface area contributed by atoms with Crippen molar-refractivity contribution in [1.82, 2.24) is 4.90 Å². The number of morpholine rings is 1. The minimum Gasteiger partial charge on any atom is -0.459 e. The van der Waals surface area contributed by atoms with Crippen molar-refractivity contribution < 1.29 is 33.6 Å². The van der Waals surface area contributed by atoms with Crippen LogP contribution in [0.25, 0.3) is 0 Å². The number of aliphatic hydroxyl groups is 1. The van der Waals surface area contributed by atoms with Crippen molar-refractivity contribution in [3.8, 4) is 0 Å². The molecule has 1 N–H and O–H groups in total. The molecule has 0 unspecified atom stereocenters. The summed E-state index contributed by atoms with van der Waals surface area (Å²) >= 11 is 1.64. The first kappa shape index (κ1) is 24.2. The molecule has 3 heterocycles. The number of nitrogens with zero attached hydrogens (tertiary/aromatic N) is 1. The van der Waals surface area contributed by atoms with Gasteiger partial charge in [0, 0.05) is 38.1 Å². The Morgan fingerprint density at radius 2 is 2.00 bits per heavy atom. The van der Waals surface area contributed by atoms with Crippen molar-refractivity contribution in [3.63, 3.8) is 0 Å². The lowest BCUT2D eigenvalue weighted by Crippen LogP contribution is -2.44. The van der Waals surface area contributed by atoms with Gasteiger partial charge < -0.3 is 33.7 Å². The molecule has 3 atom stereocenters. The van der Waals surface area contributed by atoms with Gasteiger partial charge in [0.15, 0.2) is 5.76 Å². The number of allylic oxidation sites excluding steroid dienone is 1. The zero-order valence-corrected chi connectivity index (χ0v) is 18.9. The fourth-order valence-corrected chi connectivity index (χ4v) is 4.51. The Bertz CT molecular complexity index is 675. The molecule has 1 amide bonds. The summed E-state index contributed by atoms with van der Waals surface area (Å²) < 4.78 is 28.3. The van der Waals surface area contributed by atoms with Gasteiger partial charge in [0.25, 0.3) is 5.91 Å². The van der Waals surface area contributed by atoms with Gasteiger partial charge in [-0.2, -0.15) is 11.3 Å². The van der Waals surface area contributed by atoms with E-state index in [1.54, 1.807) is 16.2 Å². The van der Waals surface area contributed by atoms with Crippen LogP contribution in [0.15, 0.2) is 28.7 Å². The fraction of sp³-hybridized carbons (Fsp3) is 0.682. The van der Waals surface area contributed by atoms with Crippen LogP contribution in [0.3, 0.4) is 0 Å². The topological polar surface area (TPSA) is 86.7 Å². The Balaban J connectivity index is 1.69. The van der Waals surface area contributed by atoms with Crippen LogP contribution in [-0.4, -0.2) is 88.1 Å². The van der Waals surface area contributed by atoms with E-state index in [1.807, 2.05) is 18.4 Å². The molecule has 1 fully saturated rings. The van der Waals surface area contributed by atoms with Crippen LogP contribution in [0.5, 0.6) is 0 Å². The molecule has 31 heavy (non-hydrogen) atoms. The van der Waals surface area contributed by atoms with Crippen LogP contribution in [-0.2, 0) is 28.5 Å². The van der Waals surface area contributed by atoms with Crippen LogP contribution >= 0.6 is 11.3 Å². The number of amides is 1. The molecule has 0 radical (unpaired) electrons. The Labute approximate surface area is 187 Å². The molecule has 0 bridgehead atoms. The molecule has 9 heteroatoms. The molecular weight excluding hydrogens is 422 g/mol. The molecule has 2 aliphatic rings. The highest BCUT2D eigenvalue weighted by molar-refractivity contribution is 7.08. The molecular formula is C22H33NO7S. The molecule has 8 nitrogen and oxygen atoms in total. The standard InChI is InChI=1S/C22H33NO7S/c1-2-29-22-18(3-8-26-12-13-28-11-7-24)19(17-4-14-31-16-17)15-20(30-22)21(25)23-5-9-27-10-6-23/h4,14-16,18-19,22,24H,2-3,5-13H2,1H3/t18-,19+,22+/m1/s1. The zero-order chi connectivity index (χ0) is 21.9. The third-order valence-corrected chi connectivity index (χ3v) is 6.06. The fourth-order valence-electron chi connectivity index (χ4n) is 3.80. The molecule has 1 aromatic heterocycles. The van der Waals surface area contributed by atoms with E-state index in [-0.39, 0.29) is 24.3 Å². The van der Waals surface area contributed by atoms with E-state index in [0.717, 1.165) is 12.0 Å². The van der Waals surface area contributed by atoms with Gasteiger partial charge in [-0.3, -0.25) is 4.79 Å². The van der Waals surface area contributed by atoms with Crippen molar-refractivity contribution in [2.24, 2.45) is 5.92 Å². The Kier molecular flexibility index (Phi) is 10.2. The lowest BCUT2D eigenvalue weighted by molar-refractivity contribution is -0.173. The number of aliphatic hydroxyl groups excluding tert-OH is 1. The summed E-state index contributed by atoms with van der Waals surface area (Å²) in [5, 5.41) is 12.9. The molecule has 2 aliphatic heterocycles. The van der Waals surface area contributed by atoms with Gasteiger partial charge in [-0.15, -0.1) is 0 Å². The van der Waals surface area contributed by atoms with Crippen LogP contribution in [0.2, 0.25) is 0 Å². The highest BCUT2D eigenvalue weighted by Gasteiger charge is 2.39. The van der Waals surface area contributed by atoms with Gasteiger partial charge in [-0.1, -0.05) is 0 Å². The van der Waals surface area contributed by atoms with Gasteiger partial charge >= 0.3 is 0 Å². The predicted octanol–water partition coefficient (Wildman–Crippen LogP) is 2.00. The molecule has 174 valence electrons. The number of hydrogen-bond acceptors (Lipinski definition) is 8. The number of thiophene rings is 1. The molecule has 1 saturated heterocycles. The summed E-state index contributed by atoms with van der Waals surface area (Å²) in [6, 6.07) is 2.09. The zero-order valence-electron chi connectivity index (χ0n) is 18.1. The Morgan fingerprint density at radius 1 is 1.23 bits per heavy atom. The molecule has 0 aromatic carbocycles. The van der Waals surface area contributed by atoms with E-state index in [2.05, 4.69) is 11.4 Å². The van der Waals surface area contributed by atoms with Crippen LogP contribution in [0.4, 0.5) is 0 Å². The number of hydrogen-bond donors (Lipinski definition) is 1. The van der Waals surface area contributed by atoms with E-state index in [4.69, 9.17) is 28.8 Å². The minimum atomic E-state index is -0.519. The van der Waals surface area contributed by atoms with Crippen LogP contribution in [0, 0.1) is 5.92 Å². The van der Waals surface area contributed by atoms with Gasteiger partial charge in [0.05, 0.1) is 39.6 Å². The second kappa shape index (κ2) is 13.1. The van der Waals surface area contributed by atoms with E-state index in [9.17, 15) is 4.79 Å². The predicted molar refractivity (Wildman–Crippen MR) is 116 cm³/mol. The Hall–Kier alpha value is -1.49. The smallest absolute Gasteiger partial charge is 0.288 e. The molecule has 0 saturated carbocycles. The maximum atomic E-state index is 13.1. The van der Waals surface area contributed by atoms with Crippen molar-refractivity contribution >= 4 is 17.2 Å². The molecule has 3 rings (SSSR count). The quantitative estimate of drug-likeness (QED) is 0.483. The third-order valence-electron chi connectivity index (χ3n) is 5.36. The molecule has 0 spiro atoms. The molecule has 1 aromatic rings. The first-order valence-electron chi connectivity index (χ1n) is 10.9. The number of ether oxygens (including phenoxy) is 5. The lowest BCUT2D eigenvalue weighted by atomic mass is 9.82. The second-order valence-corrected chi connectivity index (χ2v) is 8.14. The minimum absolute atomic E-state index is 0.00535. The van der Waals surface area contributed by atoms with Gasteiger partial charge in [0.1, 0.15) is 0 Å². The second-order valence-electron chi connectivity index (χ2n) is 7.36. The largest absolute Gasteiger partial charge is 0.459 e. The number of carbonyl (C=O) groups excluding carboxylic acids is 1. The maximum Gasteiger partial charge on any atom is 0.288 e. The first-order valence-corrected chi connectivity index (χ1v) is 11.8. The van der Waals surface area contributed by atoms with E-state index in [1.165, 1.54) is 0 Å². The number of carbonyl (C=O) groups is 1.